The molecule has 0 fully saturated rings. The highest BCUT2D eigenvalue weighted by atomic mass is 15.1. The third-order valence-corrected chi connectivity index (χ3v) is 16.3. The topological polar surface area (TPSA) is 13.1 Å². The van der Waals surface area contributed by atoms with Crippen LogP contribution in [0.5, 0.6) is 0 Å². The van der Waals surface area contributed by atoms with Crippen molar-refractivity contribution in [2.24, 2.45) is 0 Å². The second-order valence-electron chi connectivity index (χ2n) is 20.6. The van der Waals surface area contributed by atoms with Gasteiger partial charge in [0, 0.05) is 50.3 Å². The van der Waals surface area contributed by atoms with Crippen molar-refractivity contribution in [2.75, 3.05) is 4.90 Å². The summed E-state index contributed by atoms with van der Waals surface area (Å²) in [6.45, 7) is 4.45. The summed E-state index contributed by atoms with van der Waals surface area (Å²) in [7, 11) is 0. The van der Waals surface area contributed by atoms with Gasteiger partial charge in [-0.3, -0.25) is 0 Å². The van der Waals surface area contributed by atoms with E-state index < -0.39 is 0 Å². The van der Waals surface area contributed by atoms with Crippen LogP contribution in [-0.4, -0.2) is 9.13 Å². The Labute approximate surface area is 427 Å². The molecular formula is C70H55N3. The lowest BCUT2D eigenvalue weighted by atomic mass is 9.73. The third-order valence-electron chi connectivity index (χ3n) is 16.3. The minimum Gasteiger partial charge on any atom is -0.314 e. The molecule has 0 saturated carbocycles. The normalized spacial score (nSPS) is 14.7. The number of para-hydroxylation sites is 2. The third kappa shape index (κ3) is 7.49. The van der Waals surface area contributed by atoms with Crippen LogP contribution < -0.4 is 4.90 Å². The van der Waals surface area contributed by atoms with Crippen LogP contribution in [0, 0.1) is 13.8 Å². The molecule has 2 atom stereocenters. The van der Waals surface area contributed by atoms with Gasteiger partial charge in [0.1, 0.15) is 0 Å². The van der Waals surface area contributed by atoms with Gasteiger partial charge in [0.25, 0.3) is 0 Å². The van der Waals surface area contributed by atoms with Gasteiger partial charge in [-0.25, -0.2) is 0 Å². The van der Waals surface area contributed by atoms with Crippen molar-refractivity contribution in [2.45, 2.75) is 51.4 Å². The summed E-state index contributed by atoms with van der Waals surface area (Å²) < 4.78 is 4.91. The lowest BCUT2D eigenvalue weighted by molar-refractivity contribution is 0.596. The SMILES string of the molecule is Cc1c(C)n(-c2ccc(N(c3ccc(-c4ccccc4)cc3)c3ccc(-c4ccc5c(c4)c4ccccc4n5-c4cc(CC5Cc6ccccc65)cc(CC5Cc6ccccc65)c4)cc3)cc2)c2ccccc12. The maximum Gasteiger partial charge on any atom is 0.0541 e. The van der Waals surface area contributed by atoms with Crippen LogP contribution in [0.15, 0.2) is 237 Å². The van der Waals surface area contributed by atoms with Crippen LogP contribution in [0.1, 0.15) is 56.5 Å². The molecule has 3 heteroatoms. The number of hydrogen-bond donors (Lipinski definition) is 0. The van der Waals surface area contributed by atoms with Gasteiger partial charge in [-0.2, -0.15) is 0 Å². The molecule has 10 aromatic carbocycles. The first-order valence-electron chi connectivity index (χ1n) is 26.0. The molecule has 0 radical (unpaired) electrons. The van der Waals surface area contributed by atoms with E-state index in [1.165, 1.54) is 105 Å². The van der Waals surface area contributed by atoms with Gasteiger partial charge in [0.15, 0.2) is 0 Å². The summed E-state index contributed by atoms with van der Waals surface area (Å²) in [5, 5.41) is 3.84. The van der Waals surface area contributed by atoms with Gasteiger partial charge in [-0.15, -0.1) is 0 Å². The fraction of sp³-hybridized carbons (Fsp3) is 0.114. The quantitative estimate of drug-likeness (QED) is 0.126. The average Bonchev–Trinajstić information content (AvgIpc) is 3.90. The average molecular weight is 938 g/mol. The molecule has 73 heavy (non-hydrogen) atoms. The highest BCUT2D eigenvalue weighted by Gasteiger charge is 2.28. The standard InChI is InChI=1S/C70H55N3/c1-46-47(2)71(68-22-12-10-18-63(46)68)58-33-35-61(36-34-58)72(59-29-24-51(25-30-59)50-14-4-3-5-15-50)60-31-26-52(27-32-60)53-28-37-70-67(45-53)66-21-11-13-23-69(66)73(70)62-41-48(39-56-43-54-16-6-8-19-64(54)56)38-49(42-62)40-57-44-55-17-7-9-20-65(55)57/h3-38,41-42,45,56-57H,39-40,43-44H2,1-2H3. The van der Waals surface area contributed by atoms with E-state index in [4.69, 9.17) is 0 Å². The maximum absolute atomic E-state index is 2.53. The summed E-state index contributed by atoms with van der Waals surface area (Å²) in [6, 6.07) is 88.1. The minimum atomic E-state index is 0.563. The van der Waals surface area contributed by atoms with Gasteiger partial charge in [0.2, 0.25) is 0 Å². The molecule has 0 N–H and O–H groups in total. The van der Waals surface area contributed by atoms with Crippen molar-refractivity contribution in [1.29, 1.82) is 0 Å². The Morgan fingerprint density at radius 3 is 1.44 bits per heavy atom. The highest BCUT2D eigenvalue weighted by Crippen LogP contribution is 2.43. The molecule has 2 aliphatic carbocycles. The molecule has 350 valence electrons. The van der Waals surface area contributed by atoms with Gasteiger partial charge in [0.05, 0.1) is 16.6 Å². The largest absolute Gasteiger partial charge is 0.314 e. The van der Waals surface area contributed by atoms with E-state index >= 15 is 0 Å². The van der Waals surface area contributed by atoms with Gasteiger partial charge < -0.3 is 14.0 Å². The van der Waals surface area contributed by atoms with Crippen LogP contribution in [0.3, 0.4) is 0 Å². The number of nitrogens with zero attached hydrogens (tertiary/aromatic N) is 3. The van der Waals surface area contributed by atoms with E-state index in [-0.39, 0.29) is 0 Å². The number of anilines is 3. The zero-order valence-electron chi connectivity index (χ0n) is 41.3. The molecule has 0 spiro atoms. The Morgan fingerprint density at radius 1 is 0.370 bits per heavy atom. The van der Waals surface area contributed by atoms with Crippen LogP contribution in [0.2, 0.25) is 0 Å². The summed E-state index contributed by atoms with van der Waals surface area (Å²) in [5.74, 6) is 1.13. The molecule has 2 aliphatic rings. The van der Waals surface area contributed by atoms with Gasteiger partial charge in [-0.1, -0.05) is 152 Å². The molecule has 0 saturated heterocycles. The number of aromatic nitrogens is 2. The summed E-state index contributed by atoms with van der Waals surface area (Å²) in [6.07, 6.45) is 4.43. The van der Waals surface area contributed by atoms with E-state index in [2.05, 4.69) is 264 Å². The lowest BCUT2D eigenvalue weighted by Crippen LogP contribution is -2.20. The van der Waals surface area contributed by atoms with E-state index in [1.807, 2.05) is 0 Å². The zero-order chi connectivity index (χ0) is 48.6. The Kier molecular flexibility index (Phi) is 10.4. The molecule has 0 amide bonds. The Morgan fingerprint density at radius 2 is 0.836 bits per heavy atom. The predicted molar refractivity (Wildman–Crippen MR) is 306 cm³/mol. The summed E-state index contributed by atoms with van der Waals surface area (Å²) in [4.78, 5) is 2.38. The molecular weight excluding hydrogens is 883 g/mol. The van der Waals surface area contributed by atoms with Crippen LogP contribution in [0.25, 0.3) is 66.3 Å². The lowest BCUT2D eigenvalue weighted by Gasteiger charge is -2.32. The Bertz CT molecular complexity index is 3970. The van der Waals surface area contributed by atoms with Crippen molar-refractivity contribution in [3.63, 3.8) is 0 Å². The van der Waals surface area contributed by atoms with Crippen molar-refractivity contribution in [3.05, 3.63) is 281 Å². The number of benzene rings is 10. The number of fused-ring (bicyclic) bond motifs is 6. The van der Waals surface area contributed by atoms with Crippen molar-refractivity contribution >= 4 is 49.8 Å². The molecule has 14 rings (SSSR count). The summed E-state index contributed by atoms with van der Waals surface area (Å²) >= 11 is 0. The van der Waals surface area contributed by atoms with Crippen LogP contribution in [-0.2, 0) is 25.7 Å². The number of hydrogen-bond acceptors (Lipinski definition) is 1. The fourth-order valence-corrected chi connectivity index (χ4v) is 12.5. The summed E-state index contributed by atoms with van der Waals surface area (Å²) in [5.41, 5.74) is 25.7. The first-order chi connectivity index (χ1) is 36.0. The first kappa shape index (κ1) is 43.2. The second kappa shape index (κ2) is 17.6. The molecule has 3 nitrogen and oxygen atoms in total. The maximum atomic E-state index is 2.53. The minimum absolute atomic E-state index is 0.563. The molecule has 0 aliphatic heterocycles. The van der Waals surface area contributed by atoms with E-state index in [0.717, 1.165) is 48.4 Å². The van der Waals surface area contributed by atoms with Crippen molar-refractivity contribution in [3.8, 4) is 33.6 Å². The molecule has 2 aromatic heterocycles. The predicted octanol–water partition coefficient (Wildman–Crippen LogP) is 17.9. The Hall–Kier alpha value is -8.66. The van der Waals surface area contributed by atoms with Crippen molar-refractivity contribution < 1.29 is 0 Å². The van der Waals surface area contributed by atoms with E-state index in [0.29, 0.717) is 11.8 Å². The second-order valence-corrected chi connectivity index (χ2v) is 20.6. The Balaban J connectivity index is 0.823. The van der Waals surface area contributed by atoms with E-state index in [1.54, 1.807) is 0 Å². The van der Waals surface area contributed by atoms with Crippen LogP contribution >= 0.6 is 0 Å². The highest BCUT2D eigenvalue weighted by molar-refractivity contribution is 6.10. The molecule has 2 heterocycles. The molecule has 2 unspecified atom stereocenters. The molecule has 0 bridgehead atoms. The zero-order valence-corrected chi connectivity index (χ0v) is 41.3. The number of aryl methyl sites for hydroxylation is 1. The van der Waals surface area contributed by atoms with Crippen LogP contribution in [0.4, 0.5) is 17.1 Å². The van der Waals surface area contributed by atoms with Gasteiger partial charge in [-0.05, 0) is 197 Å². The van der Waals surface area contributed by atoms with Gasteiger partial charge >= 0.3 is 0 Å². The monoisotopic (exact) mass is 937 g/mol. The van der Waals surface area contributed by atoms with E-state index in [9.17, 15) is 0 Å². The smallest absolute Gasteiger partial charge is 0.0541 e. The fourth-order valence-electron chi connectivity index (χ4n) is 12.5. The first-order valence-corrected chi connectivity index (χ1v) is 26.0. The molecule has 12 aromatic rings. The van der Waals surface area contributed by atoms with Crippen molar-refractivity contribution in [1.82, 2.24) is 9.13 Å². The number of rotatable bonds is 11.